The Labute approximate surface area is 175 Å². The molecule has 1 aromatic carbocycles. The molecule has 1 saturated carbocycles. The van der Waals surface area contributed by atoms with E-state index in [1.165, 1.54) is 12.5 Å². The second-order valence-corrected chi connectivity index (χ2v) is 7.33. The van der Waals surface area contributed by atoms with E-state index in [4.69, 9.17) is 0 Å². The molecule has 3 aromatic rings. The molecule has 8 heteroatoms. The van der Waals surface area contributed by atoms with E-state index in [-0.39, 0.29) is 12.1 Å². The second kappa shape index (κ2) is 9.29. The van der Waals surface area contributed by atoms with Gasteiger partial charge in [0.05, 0.1) is 18.0 Å². The summed E-state index contributed by atoms with van der Waals surface area (Å²) >= 11 is 0. The summed E-state index contributed by atoms with van der Waals surface area (Å²) in [6.45, 7) is 0.450. The number of aromatic nitrogens is 4. The highest BCUT2D eigenvalue weighted by Gasteiger charge is 2.21. The average molecular weight is 401 g/mol. The van der Waals surface area contributed by atoms with Crippen molar-refractivity contribution in [1.82, 2.24) is 19.9 Å². The van der Waals surface area contributed by atoms with Crippen LogP contribution in [0.4, 0.5) is 11.8 Å². The van der Waals surface area contributed by atoms with Crippen LogP contribution in [0.5, 0.6) is 0 Å². The Morgan fingerprint density at radius 1 is 1.07 bits per heavy atom. The van der Waals surface area contributed by atoms with E-state index in [0.29, 0.717) is 23.9 Å². The minimum absolute atomic E-state index is 0.190. The van der Waals surface area contributed by atoms with Gasteiger partial charge in [-0.3, -0.25) is 0 Å². The summed E-state index contributed by atoms with van der Waals surface area (Å²) in [4.78, 5) is 17.3. The van der Waals surface area contributed by atoms with Crippen LogP contribution in [0, 0.1) is 11.3 Å². The molecule has 0 amide bonds. The normalized spacial score (nSPS) is 18.4. The van der Waals surface area contributed by atoms with Gasteiger partial charge in [-0.25, -0.2) is 15.0 Å². The highest BCUT2D eigenvalue weighted by Crippen LogP contribution is 2.24. The van der Waals surface area contributed by atoms with Gasteiger partial charge in [-0.05, 0) is 25.7 Å². The molecule has 1 aliphatic rings. The molecule has 4 rings (SSSR count). The number of aliphatic hydroxyl groups is 1. The zero-order valence-electron chi connectivity index (χ0n) is 16.5. The molecular weight excluding hydrogens is 378 g/mol. The Kier molecular flexibility index (Phi) is 6.11. The monoisotopic (exact) mass is 401 g/mol. The fraction of sp³-hybridized carbons (Fsp3) is 0.318. The van der Waals surface area contributed by atoms with Gasteiger partial charge in [-0.2, -0.15) is 10.2 Å². The smallest absolute Gasteiger partial charge is 0.224 e. The van der Waals surface area contributed by atoms with Crippen molar-refractivity contribution in [3.63, 3.8) is 0 Å². The standard InChI is InChI=1S/C22H23N7O/c23-10-16-12-25-22(29-21(16)28-18-6-8-19(30)9-7-18)26-13-17-11-24-14-27-20(17)15-4-2-1-3-5-15/h1-5,11-12,14,18-19,30H,6-9,13H2,(H2,25,26,28,29). The summed E-state index contributed by atoms with van der Waals surface area (Å²) in [7, 11) is 0. The van der Waals surface area contributed by atoms with Gasteiger partial charge in [0.1, 0.15) is 23.8 Å². The zero-order chi connectivity index (χ0) is 20.8. The first-order valence-electron chi connectivity index (χ1n) is 10.0. The maximum Gasteiger partial charge on any atom is 0.224 e. The van der Waals surface area contributed by atoms with Gasteiger partial charge in [-0.1, -0.05) is 30.3 Å². The number of aliphatic hydroxyl groups excluding tert-OH is 1. The van der Waals surface area contributed by atoms with Crippen LogP contribution < -0.4 is 10.6 Å². The number of benzene rings is 1. The minimum atomic E-state index is -0.229. The van der Waals surface area contributed by atoms with Gasteiger partial charge < -0.3 is 15.7 Å². The van der Waals surface area contributed by atoms with Gasteiger partial charge >= 0.3 is 0 Å². The first-order chi connectivity index (χ1) is 14.7. The number of anilines is 2. The van der Waals surface area contributed by atoms with Crippen LogP contribution in [-0.4, -0.2) is 37.2 Å². The van der Waals surface area contributed by atoms with Crippen LogP contribution in [0.15, 0.2) is 49.1 Å². The fourth-order valence-corrected chi connectivity index (χ4v) is 3.59. The van der Waals surface area contributed by atoms with Crippen molar-refractivity contribution < 1.29 is 5.11 Å². The molecule has 0 spiro atoms. The summed E-state index contributed by atoms with van der Waals surface area (Å²) in [5, 5.41) is 25.7. The second-order valence-electron chi connectivity index (χ2n) is 7.33. The molecule has 2 heterocycles. The Morgan fingerprint density at radius 3 is 2.63 bits per heavy atom. The summed E-state index contributed by atoms with van der Waals surface area (Å²) in [6.07, 6.45) is 7.81. The van der Waals surface area contributed by atoms with Crippen molar-refractivity contribution in [2.24, 2.45) is 0 Å². The van der Waals surface area contributed by atoms with Gasteiger partial charge in [0.25, 0.3) is 0 Å². The predicted molar refractivity (Wildman–Crippen MR) is 113 cm³/mol. The van der Waals surface area contributed by atoms with E-state index >= 15 is 0 Å². The predicted octanol–water partition coefficient (Wildman–Crippen LogP) is 3.13. The van der Waals surface area contributed by atoms with E-state index in [1.54, 1.807) is 6.20 Å². The SMILES string of the molecule is N#Cc1cnc(NCc2cncnc2-c2ccccc2)nc1NC1CCC(O)CC1. The van der Waals surface area contributed by atoms with Crippen molar-refractivity contribution in [1.29, 1.82) is 5.26 Å². The largest absolute Gasteiger partial charge is 0.393 e. The molecule has 3 N–H and O–H groups in total. The molecule has 0 atom stereocenters. The third kappa shape index (κ3) is 4.70. The van der Waals surface area contributed by atoms with E-state index in [1.807, 2.05) is 30.3 Å². The molecule has 0 bridgehead atoms. The van der Waals surface area contributed by atoms with Gasteiger partial charge in [0.2, 0.25) is 5.95 Å². The van der Waals surface area contributed by atoms with Crippen molar-refractivity contribution in [2.75, 3.05) is 10.6 Å². The van der Waals surface area contributed by atoms with Crippen LogP contribution in [-0.2, 0) is 6.54 Å². The number of nitrogens with zero attached hydrogens (tertiary/aromatic N) is 5. The third-order valence-electron chi connectivity index (χ3n) is 5.22. The lowest BCUT2D eigenvalue weighted by atomic mass is 9.93. The van der Waals surface area contributed by atoms with Crippen LogP contribution >= 0.6 is 0 Å². The van der Waals surface area contributed by atoms with Gasteiger partial charge in [0.15, 0.2) is 0 Å². The molecule has 0 radical (unpaired) electrons. The molecular formula is C22H23N7O. The lowest BCUT2D eigenvalue weighted by Gasteiger charge is -2.26. The average Bonchev–Trinajstić information content (AvgIpc) is 2.80. The lowest BCUT2D eigenvalue weighted by Crippen LogP contribution is -2.29. The van der Waals surface area contributed by atoms with Crippen LogP contribution in [0.1, 0.15) is 36.8 Å². The van der Waals surface area contributed by atoms with Crippen LogP contribution in [0.2, 0.25) is 0 Å². The third-order valence-corrected chi connectivity index (χ3v) is 5.22. The van der Waals surface area contributed by atoms with Crippen molar-refractivity contribution >= 4 is 11.8 Å². The Morgan fingerprint density at radius 2 is 1.87 bits per heavy atom. The molecule has 30 heavy (non-hydrogen) atoms. The lowest BCUT2D eigenvalue weighted by molar-refractivity contribution is 0.126. The summed E-state index contributed by atoms with van der Waals surface area (Å²) in [6, 6.07) is 12.3. The van der Waals surface area contributed by atoms with Crippen molar-refractivity contribution in [3.05, 3.63) is 60.2 Å². The summed E-state index contributed by atoms with van der Waals surface area (Å²) < 4.78 is 0. The number of hydrogen-bond donors (Lipinski definition) is 3. The van der Waals surface area contributed by atoms with Gasteiger partial charge in [-0.15, -0.1) is 0 Å². The molecule has 1 fully saturated rings. The van der Waals surface area contributed by atoms with Crippen molar-refractivity contribution in [2.45, 2.75) is 44.4 Å². The highest BCUT2D eigenvalue weighted by atomic mass is 16.3. The molecule has 8 nitrogen and oxygen atoms in total. The molecule has 0 unspecified atom stereocenters. The zero-order valence-corrected chi connectivity index (χ0v) is 16.5. The highest BCUT2D eigenvalue weighted by molar-refractivity contribution is 5.62. The Balaban J connectivity index is 1.49. The quantitative estimate of drug-likeness (QED) is 0.576. The summed E-state index contributed by atoms with van der Waals surface area (Å²) in [5.41, 5.74) is 3.19. The maximum atomic E-state index is 9.69. The van der Waals surface area contributed by atoms with Crippen LogP contribution in [0.25, 0.3) is 11.3 Å². The van der Waals surface area contributed by atoms with Gasteiger partial charge in [0, 0.05) is 29.9 Å². The first kappa shape index (κ1) is 19.7. The molecule has 0 aliphatic heterocycles. The van der Waals surface area contributed by atoms with E-state index in [2.05, 4.69) is 36.6 Å². The maximum absolute atomic E-state index is 9.69. The molecule has 2 aromatic heterocycles. The molecule has 1 aliphatic carbocycles. The molecule has 0 saturated heterocycles. The molecule has 152 valence electrons. The number of rotatable bonds is 6. The summed E-state index contributed by atoms with van der Waals surface area (Å²) in [5.74, 6) is 0.944. The Bertz CT molecular complexity index is 1030. The van der Waals surface area contributed by atoms with Crippen molar-refractivity contribution in [3.8, 4) is 17.3 Å². The minimum Gasteiger partial charge on any atom is -0.393 e. The number of nitrogens with one attached hydrogen (secondary N) is 2. The topological polar surface area (TPSA) is 120 Å². The van der Waals surface area contributed by atoms with E-state index < -0.39 is 0 Å². The van der Waals surface area contributed by atoms with E-state index in [9.17, 15) is 10.4 Å². The number of nitriles is 1. The van der Waals surface area contributed by atoms with E-state index in [0.717, 1.165) is 42.5 Å². The number of hydrogen-bond acceptors (Lipinski definition) is 8. The van der Waals surface area contributed by atoms with Crippen LogP contribution in [0.3, 0.4) is 0 Å². The Hall–Kier alpha value is -3.57. The fourth-order valence-electron chi connectivity index (χ4n) is 3.59. The first-order valence-corrected chi connectivity index (χ1v) is 10.0.